The van der Waals surface area contributed by atoms with Crippen molar-refractivity contribution in [3.63, 3.8) is 0 Å². The van der Waals surface area contributed by atoms with Crippen LogP contribution in [0.4, 0.5) is 5.82 Å². The maximum Gasteiger partial charge on any atom is 0.137 e. The first kappa shape index (κ1) is 12.0. The van der Waals surface area contributed by atoms with Gasteiger partial charge in [0.2, 0.25) is 0 Å². The van der Waals surface area contributed by atoms with Gasteiger partial charge in [0.25, 0.3) is 0 Å². The van der Waals surface area contributed by atoms with Gasteiger partial charge in [0.05, 0.1) is 12.1 Å². The maximum atomic E-state index is 4.39. The summed E-state index contributed by atoms with van der Waals surface area (Å²) < 4.78 is 0. The molecule has 4 nitrogen and oxygen atoms in total. The fourth-order valence-corrected chi connectivity index (χ4v) is 2.70. The van der Waals surface area contributed by atoms with Gasteiger partial charge in [-0.1, -0.05) is 19.1 Å². The lowest BCUT2D eigenvalue weighted by Gasteiger charge is -2.06. The van der Waals surface area contributed by atoms with E-state index in [0.717, 1.165) is 28.1 Å². The van der Waals surface area contributed by atoms with Crippen molar-refractivity contribution in [2.75, 3.05) is 5.32 Å². The summed E-state index contributed by atoms with van der Waals surface area (Å²) in [5.41, 5.74) is 0.952. The Labute approximate surface area is 115 Å². The number of para-hydroxylation sites is 1. The minimum absolute atomic E-state index is 0.700. The highest BCUT2D eigenvalue weighted by Gasteiger charge is 2.04. The molecule has 0 aliphatic heterocycles. The number of fused-ring (bicyclic) bond motifs is 1. The maximum absolute atomic E-state index is 4.39. The van der Waals surface area contributed by atoms with Gasteiger partial charge in [-0.15, -0.1) is 11.3 Å². The van der Waals surface area contributed by atoms with Crippen LogP contribution >= 0.6 is 11.3 Å². The number of thiazole rings is 1. The first-order valence-electron chi connectivity index (χ1n) is 6.24. The Kier molecular flexibility index (Phi) is 3.37. The number of rotatable bonds is 4. The van der Waals surface area contributed by atoms with E-state index in [0.29, 0.717) is 6.54 Å². The van der Waals surface area contributed by atoms with Gasteiger partial charge in [-0.2, -0.15) is 0 Å². The molecule has 3 aromatic rings. The molecule has 0 bridgehead atoms. The first-order chi connectivity index (χ1) is 9.36. The first-order valence-corrected chi connectivity index (χ1v) is 7.05. The summed E-state index contributed by atoms with van der Waals surface area (Å²) in [7, 11) is 0. The third-order valence-corrected chi connectivity index (χ3v) is 4.04. The van der Waals surface area contributed by atoms with Crippen LogP contribution in [-0.4, -0.2) is 15.0 Å². The average molecular weight is 270 g/mol. The molecule has 1 aromatic carbocycles. The molecule has 5 heteroatoms. The number of nitrogens with zero attached hydrogens (tertiary/aromatic N) is 3. The number of aryl methyl sites for hydroxylation is 1. The highest BCUT2D eigenvalue weighted by Crippen LogP contribution is 2.20. The minimum Gasteiger partial charge on any atom is -0.363 e. The van der Waals surface area contributed by atoms with Gasteiger partial charge < -0.3 is 5.32 Å². The largest absolute Gasteiger partial charge is 0.363 e. The molecule has 0 spiro atoms. The predicted molar refractivity (Wildman–Crippen MR) is 78.4 cm³/mol. The quantitative estimate of drug-likeness (QED) is 0.790. The number of aromatic nitrogens is 3. The zero-order valence-corrected chi connectivity index (χ0v) is 11.4. The second-order valence-electron chi connectivity index (χ2n) is 4.17. The van der Waals surface area contributed by atoms with Crippen molar-refractivity contribution in [1.29, 1.82) is 0 Å². The number of hydrogen-bond donors (Lipinski definition) is 1. The summed E-state index contributed by atoms with van der Waals surface area (Å²) in [6, 6.07) is 7.99. The monoisotopic (exact) mass is 270 g/mol. The standard InChI is InChI=1S/C14H14N4S/c1-2-10-7-15-13(19-10)8-16-14-11-5-3-4-6-12(11)17-9-18-14/h3-7,9H,2,8H2,1H3,(H,16,17,18). The Morgan fingerprint density at radius 1 is 1.16 bits per heavy atom. The van der Waals surface area contributed by atoms with Crippen LogP contribution in [0.2, 0.25) is 0 Å². The third-order valence-electron chi connectivity index (χ3n) is 2.90. The lowest BCUT2D eigenvalue weighted by molar-refractivity contribution is 1.07. The van der Waals surface area contributed by atoms with Crippen molar-refractivity contribution in [3.8, 4) is 0 Å². The summed E-state index contributed by atoms with van der Waals surface area (Å²) in [5, 5.41) is 5.46. The molecule has 1 N–H and O–H groups in total. The molecule has 96 valence electrons. The molecule has 0 saturated carbocycles. The van der Waals surface area contributed by atoms with Crippen LogP contribution in [-0.2, 0) is 13.0 Å². The number of nitrogens with one attached hydrogen (secondary N) is 1. The number of hydrogen-bond acceptors (Lipinski definition) is 5. The Morgan fingerprint density at radius 3 is 2.89 bits per heavy atom. The number of anilines is 1. The molecule has 2 aromatic heterocycles. The van der Waals surface area contributed by atoms with Crippen LogP contribution in [0, 0.1) is 0 Å². The molecular formula is C14H14N4S. The number of benzene rings is 1. The molecular weight excluding hydrogens is 256 g/mol. The van der Waals surface area contributed by atoms with Gasteiger partial charge in [0, 0.05) is 16.5 Å². The van der Waals surface area contributed by atoms with E-state index >= 15 is 0 Å². The van der Waals surface area contributed by atoms with E-state index in [-0.39, 0.29) is 0 Å². The van der Waals surface area contributed by atoms with Crippen LogP contribution in [0.3, 0.4) is 0 Å². The fraction of sp³-hybridized carbons (Fsp3) is 0.214. The summed E-state index contributed by atoms with van der Waals surface area (Å²) >= 11 is 1.74. The summed E-state index contributed by atoms with van der Waals surface area (Å²) in [6.45, 7) is 2.84. The van der Waals surface area contributed by atoms with Gasteiger partial charge in [-0.25, -0.2) is 15.0 Å². The Hall–Kier alpha value is -2.01. The van der Waals surface area contributed by atoms with Crippen molar-refractivity contribution in [2.45, 2.75) is 19.9 Å². The van der Waals surface area contributed by atoms with E-state index in [1.54, 1.807) is 17.7 Å². The Balaban J connectivity index is 1.81. The molecule has 0 radical (unpaired) electrons. The molecule has 19 heavy (non-hydrogen) atoms. The SMILES string of the molecule is CCc1cnc(CNc2ncnc3ccccc23)s1. The minimum atomic E-state index is 0.700. The molecule has 0 unspecified atom stereocenters. The highest BCUT2D eigenvalue weighted by molar-refractivity contribution is 7.11. The average Bonchev–Trinajstić information content (AvgIpc) is 2.93. The molecule has 2 heterocycles. The van der Waals surface area contributed by atoms with Gasteiger partial charge in [-0.3, -0.25) is 0 Å². The Morgan fingerprint density at radius 2 is 2.05 bits per heavy atom. The van der Waals surface area contributed by atoms with Crippen LogP contribution < -0.4 is 5.32 Å². The summed E-state index contributed by atoms with van der Waals surface area (Å²) in [5.74, 6) is 0.860. The third kappa shape index (κ3) is 2.56. The molecule has 0 atom stereocenters. The molecule has 0 aliphatic rings. The molecule has 3 rings (SSSR count). The summed E-state index contributed by atoms with van der Waals surface area (Å²) in [4.78, 5) is 14.3. The van der Waals surface area contributed by atoms with Crippen LogP contribution in [0.25, 0.3) is 10.9 Å². The van der Waals surface area contributed by atoms with Crippen LogP contribution in [0.5, 0.6) is 0 Å². The van der Waals surface area contributed by atoms with Gasteiger partial charge >= 0.3 is 0 Å². The van der Waals surface area contributed by atoms with E-state index in [2.05, 4.69) is 27.2 Å². The van der Waals surface area contributed by atoms with Crippen molar-refractivity contribution >= 4 is 28.1 Å². The van der Waals surface area contributed by atoms with E-state index in [1.165, 1.54) is 4.88 Å². The van der Waals surface area contributed by atoms with E-state index < -0.39 is 0 Å². The van der Waals surface area contributed by atoms with E-state index in [1.807, 2.05) is 30.5 Å². The smallest absolute Gasteiger partial charge is 0.137 e. The second-order valence-corrected chi connectivity index (χ2v) is 5.37. The second kappa shape index (κ2) is 5.32. The van der Waals surface area contributed by atoms with Crippen molar-refractivity contribution in [2.24, 2.45) is 0 Å². The van der Waals surface area contributed by atoms with Crippen molar-refractivity contribution in [1.82, 2.24) is 15.0 Å². The molecule has 0 aliphatic carbocycles. The van der Waals surface area contributed by atoms with Crippen molar-refractivity contribution in [3.05, 3.63) is 46.7 Å². The zero-order valence-electron chi connectivity index (χ0n) is 10.6. The lowest BCUT2D eigenvalue weighted by Crippen LogP contribution is -2.01. The van der Waals surface area contributed by atoms with Crippen LogP contribution in [0.15, 0.2) is 36.8 Å². The zero-order chi connectivity index (χ0) is 13.1. The van der Waals surface area contributed by atoms with Crippen LogP contribution in [0.1, 0.15) is 16.8 Å². The molecule has 0 amide bonds. The normalized spacial score (nSPS) is 10.8. The van der Waals surface area contributed by atoms with E-state index in [4.69, 9.17) is 0 Å². The Bertz CT molecular complexity index is 687. The van der Waals surface area contributed by atoms with Gasteiger partial charge in [-0.05, 0) is 18.6 Å². The highest BCUT2D eigenvalue weighted by atomic mass is 32.1. The molecule has 0 saturated heterocycles. The lowest BCUT2D eigenvalue weighted by atomic mass is 10.2. The van der Waals surface area contributed by atoms with E-state index in [9.17, 15) is 0 Å². The van der Waals surface area contributed by atoms with Gasteiger partial charge in [0.1, 0.15) is 17.2 Å². The summed E-state index contributed by atoms with van der Waals surface area (Å²) in [6.07, 6.45) is 4.57. The fourth-order valence-electron chi connectivity index (χ4n) is 1.90. The van der Waals surface area contributed by atoms with Crippen molar-refractivity contribution < 1.29 is 0 Å². The van der Waals surface area contributed by atoms with Gasteiger partial charge in [0.15, 0.2) is 0 Å². The predicted octanol–water partition coefficient (Wildman–Crippen LogP) is 3.26. The molecule has 0 fully saturated rings. The topological polar surface area (TPSA) is 50.7 Å².